The first-order chi connectivity index (χ1) is 16.1. The Balaban J connectivity index is 2.13. The molecule has 34 heavy (non-hydrogen) atoms. The number of hydrogen-bond acceptors (Lipinski definition) is 4. The number of carbonyl (C=O) groups excluding carboxylic acids is 1. The summed E-state index contributed by atoms with van der Waals surface area (Å²) in [6.45, 7) is 3.61. The fourth-order valence-corrected chi connectivity index (χ4v) is 4.14. The maximum absolute atomic E-state index is 12.6. The largest absolute Gasteiger partial charge is 0.478 e. The molecule has 4 rings (SSSR count). The van der Waals surface area contributed by atoms with Crippen molar-refractivity contribution in [1.29, 1.82) is 0 Å². The van der Waals surface area contributed by atoms with Crippen LogP contribution in [0.5, 0.6) is 0 Å². The molecule has 1 N–H and O–H groups in total. The van der Waals surface area contributed by atoms with E-state index in [1.54, 1.807) is 26.0 Å². The van der Waals surface area contributed by atoms with Crippen LogP contribution in [-0.4, -0.2) is 45.0 Å². The van der Waals surface area contributed by atoms with Gasteiger partial charge in [0.1, 0.15) is 25.4 Å². The Hall–Kier alpha value is -3.93. The van der Waals surface area contributed by atoms with Crippen molar-refractivity contribution >= 4 is 28.4 Å². The molecule has 2 aliphatic rings. The highest BCUT2D eigenvalue weighted by molar-refractivity contribution is 6.09. The predicted molar refractivity (Wildman–Crippen MR) is 136 cm³/mol. The molecule has 2 aromatic carbocycles. The van der Waals surface area contributed by atoms with Crippen LogP contribution >= 0.6 is 0 Å². The lowest BCUT2D eigenvalue weighted by atomic mass is 9.88. The van der Waals surface area contributed by atoms with Crippen LogP contribution in [0.4, 0.5) is 5.69 Å². The third-order valence-corrected chi connectivity index (χ3v) is 6.05. The van der Waals surface area contributed by atoms with Gasteiger partial charge in [-0.25, -0.2) is 9.37 Å². The van der Waals surface area contributed by atoms with Crippen molar-refractivity contribution in [2.45, 2.75) is 13.8 Å². The van der Waals surface area contributed by atoms with Crippen molar-refractivity contribution in [3.8, 4) is 22.5 Å². The molecule has 2 aromatic rings. The Morgan fingerprint density at radius 1 is 0.941 bits per heavy atom. The number of fused-ring (bicyclic) bond motifs is 2. The molecule has 0 spiro atoms. The molecule has 0 fully saturated rings. The van der Waals surface area contributed by atoms with Gasteiger partial charge >= 0.3 is 5.97 Å². The quantitative estimate of drug-likeness (QED) is 0.264. The summed E-state index contributed by atoms with van der Waals surface area (Å²) in [5, 5.41) is 11.9. The molecule has 0 amide bonds. The molecule has 0 aromatic heterocycles. The molecular formula is C28H29N2O4+. The molecule has 0 bridgehead atoms. The highest BCUT2D eigenvalue weighted by Gasteiger charge is 2.24. The van der Waals surface area contributed by atoms with Gasteiger partial charge in [0, 0.05) is 59.9 Å². The third-order valence-electron chi connectivity index (χ3n) is 6.05. The zero-order valence-electron chi connectivity index (χ0n) is 20.3. The second-order valence-electron chi connectivity index (χ2n) is 9.21. The molecule has 0 radical (unpaired) electrons. The molecule has 0 atom stereocenters. The average Bonchev–Trinajstić information content (AvgIpc) is 2.80. The number of anilines is 1. The van der Waals surface area contributed by atoms with Crippen molar-refractivity contribution in [3.05, 3.63) is 71.1 Å². The van der Waals surface area contributed by atoms with E-state index in [0.29, 0.717) is 22.5 Å². The molecule has 1 aliphatic carbocycles. The number of carbonyl (C=O) groups is 2. The number of carboxylic acid groups (broad SMARTS) is 1. The number of carboxylic acids is 1. The second kappa shape index (κ2) is 8.78. The zero-order chi connectivity index (χ0) is 24.7. The molecule has 0 saturated carbocycles. The number of nitrogens with zero attached hydrogens (tertiary/aromatic N) is 2. The summed E-state index contributed by atoms with van der Waals surface area (Å²) in [4.78, 5) is 26.9. The van der Waals surface area contributed by atoms with E-state index in [4.69, 9.17) is 4.42 Å². The number of aromatic carboxylic acids is 1. The van der Waals surface area contributed by atoms with Crippen LogP contribution in [0.15, 0.2) is 59.0 Å². The van der Waals surface area contributed by atoms with Crippen LogP contribution in [0, 0.1) is 5.92 Å². The normalized spacial score (nSPS) is 11.3. The average molecular weight is 458 g/mol. The Morgan fingerprint density at radius 2 is 1.65 bits per heavy atom. The summed E-state index contributed by atoms with van der Waals surface area (Å²) in [7, 11) is 7.83. The van der Waals surface area contributed by atoms with Crippen LogP contribution in [-0.2, 0) is 0 Å². The Labute approximate surface area is 198 Å². The van der Waals surface area contributed by atoms with Gasteiger partial charge in [0.2, 0.25) is 5.36 Å². The van der Waals surface area contributed by atoms with Gasteiger partial charge in [-0.15, -0.1) is 0 Å². The lowest BCUT2D eigenvalue weighted by Gasteiger charge is -2.19. The summed E-state index contributed by atoms with van der Waals surface area (Å²) in [6, 6.07) is 16.8. The second-order valence-corrected chi connectivity index (χ2v) is 9.21. The minimum atomic E-state index is -1.08. The fraction of sp³-hybridized carbons (Fsp3) is 0.250. The summed E-state index contributed by atoms with van der Waals surface area (Å²) < 4.78 is 8.32. The number of hydrogen-bond donors (Lipinski definition) is 1. The number of rotatable bonds is 5. The molecule has 0 saturated heterocycles. The number of ketones is 1. The van der Waals surface area contributed by atoms with E-state index >= 15 is 0 Å². The standard InChI is InChI=1S/C28H28N2O4/c1-16(2)27(31)17-7-10-20(23(13-17)28(32)33)26-21-11-8-18(29(3)4)14-24(21)34-25-15-19(30(5)6)9-12-22(25)26/h7-16H,1-6H3/p+1. The van der Waals surface area contributed by atoms with E-state index in [1.807, 2.05) is 74.1 Å². The zero-order valence-corrected chi connectivity index (χ0v) is 20.3. The monoisotopic (exact) mass is 457 g/mol. The van der Waals surface area contributed by atoms with Crippen LogP contribution in [0.25, 0.3) is 33.4 Å². The van der Waals surface area contributed by atoms with Gasteiger partial charge < -0.3 is 14.4 Å². The van der Waals surface area contributed by atoms with Crippen LogP contribution in [0.3, 0.4) is 0 Å². The fourth-order valence-electron chi connectivity index (χ4n) is 4.14. The summed E-state index contributed by atoms with van der Waals surface area (Å²) >= 11 is 0. The summed E-state index contributed by atoms with van der Waals surface area (Å²) in [5.41, 5.74) is 4.25. The van der Waals surface area contributed by atoms with E-state index in [1.165, 1.54) is 6.07 Å². The van der Waals surface area contributed by atoms with Gasteiger partial charge in [-0.3, -0.25) is 4.79 Å². The van der Waals surface area contributed by atoms with E-state index in [0.717, 1.165) is 27.6 Å². The van der Waals surface area contributed by atoms with E-state index in [9.17, 15) is 14.7 Å². The topological polar surface area (TPSA) is 73.8 Å². The lowest BCUT2D eigenvalue weighted by Crippen LogP contribution is -2.21. The van der Waals surface area contributed by atoms with E-state index < -0.39 is 5.97 Å². The summed E-state index contributed by atoms with van der Waals surface area (Å²) in [5.74, 6) is -0.731. The van der Waals surface area contributed by atoms with Gasteiger partial charge in [0.05, 0.1) is 11.6 Å². The van der Waals surface area contributed by atoms with Crippen molar-refractivity contribution in [2.24, 2.45) is 5.92 Å². The van der Waals surface area contributed by atoms with Crippen LogP contribution in [0.1, 0.15) is 34.6 Å². The third kappa shape index (κ3) is 4.07. The smallest absolute Gasteiger partial charge is 0.336 e. The van der Waals surface area contributed by atoms with Crippen molar-refractivity contribution in [2.75, 3.05) is 33.1 Å². The molecule has 6 nitrogen and oxygen atoms in total. The van der Waals surface area contributed by atoms with E-state index in [-0.39, 0.29) is 17.3 Å². The van der Waals surface area contributed by atoms with Crippen molar-refractivity contribution in [3.63, 3.8) is 0 Å². The molecule has 1 heterocycles. The molecule has 6 heteroatoms. The highest BCUT2D eigenvalue weighted by Crippen LogP contribution is 2.42. The van der Waals surface area contributed by atoms with Gasteiger partial charge in [0.25, 0.3) is 0 Å². The van der Waals surface area contributed by atoms with Gasteiger partial charge in [-0.1, -0.05) is 26.0 Å². The van der Waals surface area contributed by atoms with Crippen LogP contribution < -0.4 is 14.8 Å². The predicted octanol–water partition coefficient (Wildman–Crippen LogP) is 4.84. The maximum atomic E-state index is 12.6. The molecule has 1 aliphatic heterocycles. The van der Waals surface area contributed by atoms with E-state index in [2.05, 4.69) is 0 Å². The first-order valence-corrected chi connectivity index (χ1v) is 11.2. The van der Waals surface area contributed by atoms with Crippen molar-refractivity contribution < 1.29 is 19.1 Å². The maximum Gasteiger partial charge on any atom is 0.336 e. The summed E-state index contributed by atoms with van der Waals surface area (Å²) in [6.07, 6.45) is 0. The molecular weight excluding hydrogens is 428 g/mol. The van der Waals surface area contributed by atoms with Gasteiger partial charge in [-0.2, -0.15) is 0 Å². The van der Waals surface area contributed by atoms with Gasteiger partial charge in [-0.05, 0) is 29.8 Å². The number of benzene rings is 3. The Morgan fingerprint density at radius 3 is 2.26 bits per heavy atom. The number of Topliss-reactive ketones (excluding diaryl/α,β-unsaturated/α-hetero) is 1. The van der Waals surface area contributed by atoms with Crippen LogP contribution in [0.2, 0.25) is 0 Å². The lowest BCUT2D eigenvalue weighted by molar-refractivity contribution is 0.0697. The SMILES string of the molecule is CC(C)C(=O)c1ccc(-c2c3ccc(=[N+](C)C)cc-3oc3cc(N(C)C)ccc23)c(C(=O)O)c1. The van der Waals surface area contributed by atoms with Crippen molar-refractivity contribution in [1.82, 2.24) is 4.58 Å². The molecule has 0 unspecified atom stereocenters. The minimum absolute atomic E-state index is 0.0851. The molecule has 174 valence electrons. The van der Waals surface area contributed by atoms with Gasteiger partial charge in [0.15, 0.2) is 5.78 Å². The minimum Gasteiger partial charge on any atom is -0.478 e. The Kier molecular flexibility index (Phi) is 6.00. The first-order valence-electron chi connectivity index (χ1n) is 11.2. The Bertz CT molecular complexity index is 1470. The first kappa shape index (κ1) is 23.2. The highest BCUT2D eigenvalue weighted by atomic mass is 16.4.